The van der Waals surface area contributed by atoms with Gasteiger partial charge in [0, 0.05) is 17.2 Å². The summed E-state index contributed by atoms with van der Waals surface area (Å²) < 4.78 is 12.2. The summed E-state index contributed by atoms with van der Waals surface area (Å²) in [5.74, 6) is 1.02. The van der Waals surface area contributed by atoms with Gasteiger partial charge in [0.15, 0.2) is 0 Å². The number of amides is 1. The molecule has 0 saturated carbocycles. The van der Waals surface area contributed by atoms with Crippen LogP contribution in [-0.2, 0) is 0 Å². The minimum absolute atomic E-state index is 0.296. The molecular weight excluding hydrogens is 532 g/mol. The number of carbonyl (C=O) groups is 1. The second-order valence-electron chi connectivity index (χ2n) is 11.4. The standard InChI is InChI=1S/C38H48N2O3/c1-3-5-7-9-11-17-23-42-33-26-32(27-34(28-33)43-24-18-12-10-8-6-4-2)38(41)40-39-29-37-35-21-15-13-19-30(35)25-31-20-14-16-22-36(31)37/h13-16,19-22,25-29H,3-12,17-18,23-24H2,1-2H3,(H,40,41)/b39-29-. The van der Waals surface area contributed by atoms with Crippen LogP contribution in [0.5, 0.6) is 11.5 Å². The number of ether oxygens (including phenoxy) is 2. The number of carbonyl (C=O) groups excluding carboxylic acids is 1. The van der Waals surface area contributed by atoms with E-state index in [2.05, 4.69) is 54.7 Å². The van der Waals surface area contributed by atoms with E-state index in [1.165, 1.54) is 51.4 Å². The molecule has 1 N–H and O–H groups in total. The SMILES string of the molecule is CCCCCCCCOc1cc(OCCCCCCCC)cc(C(=O)N/N=C\c2c3ccccc3cc3ccccc23)c1. The van der Waals surface area contributed by atoms with Gasteiger partial charge < -0.3 is 9.47 Å². The van der Waals surface area contributed by atoms with Gasteiger partial charge in [0.05, 0.1) is 19.4 Å². The van der Waals surface area contributed by atoms with Crippen LogP contribution in [-0.4, -0.2) is 25.3 Å². The van der Waals surface area contributed by atoms with E-state index in [1.807, 2.05) is 30.3 Å². The number of nitrogens with zero attached hydrogens (tertiary/aromatic N) is 1. The van der Waals surface area contributed by atoms with E-state index in [9.17, 15) is 4.79 Å². The molecule has 0 aromatic heterocycles. The zero-order valence-corrected chi connectivity index (χ0v) is 26.1. The molecule has 228 valence electrons. The second kappa shape index (κ2) is 17.9. The van der Waals surface area contributed by atoms with Gasteiger partial charge in [-0.3, -0.25) is 4.79 Å². The van der Waals surface area contributed by atoms with Crippen molar-refractivity contribution in [3.63, 3.8) is 0 Å². The highest BCUT2D eigenvalue weighted by molar-refractivity contribution is 6.13. The van der Waals surface area contributed by atoms with Crippen molar-refractivity contribution in [2.45, 2.75) is 90.9 Å². The number of hydrogen-bond acceptors (Lipinski definition) is 4. The first-order chi connectivity index (χ1) is 21.2. The maximum atomic E-state index is 13.3. The summed E-state index contributed by atoms with van der Waals surface area (Å²) in [6, 6.07) is 24.1. The van der Waals surface area contributed by atoms with Gasteiger partial charge in [-0.1, -0.05) is 127 Å². The molecule has 4 aromatic carbocycles. The van der Waals surface area contributed by atoms with Crippen molar-refractivity contribution in [3.8, 4) is 11.5 Å². The third kappa shape index (κ3) is 10.1. The van der Waals surface area contributed by atoms with Gasteiger partial charge >= 0.3 is 0 Å². The number of fused-ring (bicyclic) bond motifs is 2. The highest BCUT2D eigenvalue weighted by Gasteiger charge is 2.11. The highest BCUT2D eigenvalue weighted by Crippen LogP contribution is 2.27. The first kappa shape index (κ1) is 32.1. The molecule has 0 heterocycles. The van der Waals surface area contributed by atoms with Gasteiger partial charge in [0.2, 0.25) is 0 Å². The molecule has 0 atom stereocenters. The lowest BCUT2D eigenvalue weighted by Crippen LogP contribution is -2.18. The third-order valence-corrected chi connectivity index (χ3v) is 7.85. The van der Waals surface area contributed by atoms with Crippen LogP contribution in [0.25, 0.3) is 21.5 Å². The smallest absolute Gasteiger partial charge is 0.271 e. The molecule has 5 nitrogen and oxygen atoms in total. The van der Waals surface area contributed by atoms with Crippen molar-refractivity contribution < 1.29 is 14.3 Å². The van der Waals surface area contributed by atoms with Crippen molar-refractivity contribution in [1.82, 2.24) is 5.43 Å². The number of rotatable bonds is 19. The van der Waals surface area contributed by atoms with Crippen LogP contribution >= 0.6 is 0 Å². The van der Waals surface area contributed by atoms with Crippen LogP contribution in [0.15, 0.2) is 77.9 Å². The minimum atomic E-state index is -0.296. The molecule has 43 heavy (non-hydrogen) atoms. The quantitative estimate of drug-likeness (QED) is 0.0519. The van der Waals surface area contributed by atoms with Crippen molar-refractivity contribution in [2.75, 3.05) is 13.2 Å². The van der Waals surface area contributed by atoms with E-state index in [0.29, 0.717) is 30.3 Å². The number of hydrazone groups is 1. The van der Waals surface area contributed by atoms with E-state index in [-0.39, 0.29) is 5.91 Å². The Morgan fingerprint density at radius 1 is 0.651 bits per heavy atom. The van der Waals surface area contributed by atoms with Gasteiger partial charge in [-0.25, -0.2) is 5.43 Å². The molecule has 0 fully saturated rings. The van der Waals surface area contributed by atoms with E-state index >= 15 is 0 Å². The normalized spacial score (nSPS) is 11.4. The van der Waals surface area contributed by atoms with Crippen LogP contribution < -0.4 is 14.9 Å². The summed E-state index contributed by atoms with van der Waals surface area (Å²) in [7, 11) is 0. The Kier molecular flexibility index (Phi) is 13.4. The van der Waals surface area contributed by atoms with Gasteiger partial charge in [0.1, 0.15) is 11.5 Å². The first-order valence-corrected chi connectivity index (χ1v) is 16.3. The average Bonchev–Trinajstić information content (AvgIpc) is 3.03. The zero-order valence-electron chi connectivity index (χ0n) is 26.1. The second-order valence-corrected chi connectivity index (χ2v) is 11.4. The zero-order chi connectivity index (χ0) is 30.1. The van der Waals surface area contributed by atoms with Crippen molar-refractivity contribution in [2.24, 2.45) is 5.10 Å². The molecule has 0 saturated heterocycles. The summed E-state index contributed by atoms with van der Waals surface area (Å²) in [4.78, 5) is 13.3. The number of benzene rings is 4. The Bertz CT molecular complexity index is 1370. The molecule has 0 spiro atoms. The topological polar surface area (TPSA) is 59.9 Å². The molecule has 0 aliphatic carbocycles. The van der Waals surface area contributed by atoms with Gasteiger partial charge in [-0.15, -0.1) is 0 Å². The molecule has 0 aliphatic heterocycles. The monoisotopic (exact) mass is 580 g/mol. The van der Waals surface area contributed by atoms with Crippen LogP contribution in [0.4, 0.5) is 0 Å². The van der Waals surface area contributed by atoms with E-state index in [4.69, 9.17) is 9.47 Å². The van der Waals surface area contributed by atoms with E-state index in [0.717, 1.165) is 52.8 Å². The molecule has 0 bridgehead atoms. The molecule has 0 radical (unpaired) electrons. The van der Waals surface area contributed by atoms with Crippen molar-refractivity contribution >= 4 is 33.7 Å². The summed E-state index contributed by atoms with van der Waals surface area (Å²) in [5.41, 5.74) is 4.19. The fourth-order valence-corrected chi connectivity index (χ4v) is 5.42. The first-order valence-electron chi connectivity index (χ1n) is 16.3. The van der Waals surface area contributed by atoms with Gasteiger partial charge in [-0.05, 0) is 52.6 Å². The average molecular weight is 581 g/mol. The number of unbranched alkanes of at least 4 members (excludes halogenated alkanes) is 10. The Morgan fingerprint density at radius 3 is 1.67 bits per heavy atom. The maximum Gasteiger partial charge on any atom is 0.271 e. The minimum Gasteiger partial charge on any atom is -0.493 e. The summed E-state index contributed by atoms with van der Waals surface area (Å²) in [6.07, 6.45) is 16.1. The predicted molar refractivity (Wildman–Crippen MR) is 181 cm³/mol. The third-order valence-electron chi connectivity index (χ3n) is 7.85. The largest absolute Gasteiger partial charge is 0.493 e. The molecular formula is C38H48N2O3. The van der Waals surface area contributed by atoms with E-state index < -0.39 is 0 Å². The lowest BCUT2D eigenvalue weighted by atomic mass is 9.97. The van der Waals surface area contributed by atoms with E-state index in [1.54, 1.807) is 18.3 Å². The van der Waals surface area contributed by atoms with Crippen LogP contribution in [0.2, 0.25) is 0 Å². The maximum absolute atomic E-state index is 13.3. The molecule has 1 amide bonds. The lowest BCUT2D eigenvalue weighted by Gasteiger charge is -2.12. The van der Waals surface area contributed by atoms with Crippen LogP contribution in [0.1, 0.15) is 107 Å². The number of hydrogen-bond donors (Lipinski definition) is 1. The van der Waals surface area contributed by atoms with Crippen LogP contribution in [0.3, 0.4) is 0 Å². The van der Waals surface area contributed by atoms with Gasteiger partial charge in [-0.2, -0.15) is 5.10 Å². The molecule has 4 aromatic rings. The highest BCUT2D eigenvalue weighted by atomic mass is 16.5. The Morgan fingerprint density at radius 2 is 1.14 bits per heavy atom. The summed E-state index contributed by atoms with van der Waals surface area (Å²) in [5, 5.41) is 8.85. The predicted octanol–water partition coefficient (Wildman–Crippen LogP) is 10.2. The van der Waals surface area contributed by atoms with Crippen molar-refractivity contribution in [1.29, 1.82) is 0 Å². The molecule has 0 unspecified atom stereocenters. The summed E-state index contributed by atoms with van der Waals surface area (Å²) >= 11 is 0. The Labute approximate surface area is 257 Å². The summed E-state index contributed by atoms with van der Waals surface area (Å²) in [6.45, 7) is 5.71. The number of nitrogens with one attached hydrogen (secondary N) is 1. The Balaban J connectivity index is 1.44. The van der Waals surface area contributed by atoms with Crippen LogP contribution in [0, 0.1) is 0 Å². The fraction of sp³-hybridized carbons (Fsp3) is 0.421. The lowest BCUT2D eigenvalue weighted by molar-refractivity contribution is 0.0954. The van der Waals surface area contributed by atoms with Gasteiger partial charge in [0.25, 0.3) is 5.91 Å². The fourth-order valence-electron chi connectivity index (χ4n) is 5.42. The molecule has 5 heteroatoms. The molecule has 4 rings (SSSR count). The Hall–Kier alpha value is -3.86. The molecule has 0 aliphatic rings. The van der Waals surface area contributed by atoms with Crippen molar-refractivity contribution in [3.05, 3.63) is 83.9 Å².